The van der Waals surface area contributed by atoms with Crippen LogP contribution in [0, 0.1) is 37.5 Å². The number of benzene rings is 2. The maximum atomic E-state index is 15.2. The number of nitrogen functional groups attached to an aromatic ring is 1. The van der Waals surface area contributed by atoms with Gasteiger partial charge in [0.15, 0.2) is 11.3 Å². The van der Waals surface area contributed by atoms with E-state index in [2.05, 4.69) is 21.3 Å². The molecule has 4 saturated heterocycles. The molecule has 11 atom stereocenters. The molecular formula is C63H88N12O16. The van der Waals surface area contributed by atoms with Crippen molar-refractivity contribution in [2.75, 3.05) is 60.1 Å². The van der Waals surface area contributed by atoms with Crippen LogP contribution < -0.4 is 32.4 Å². The Hall–Kier alpha value is -8.72. The molecular weight excluding hydrogens is 1180 g/mol. The first kappa shape index (κ1) is 69.7. The number of carbonyl (C=O) groups is 12. The van der Waals surface area contributed by atoms with Crippen LogP contribution >= 0.6 is 0 Å². The van der Waals surface area contributed by atoms with Gasteiger partial charge in [0.1, 0.15) is 71.8 Å². The molecule has 0 radical (unpaired) electrons. The Morgan fingerprint density at radius 1 is 0.648 bits per heavy atom. The van der Waals surface area contributed by atoms with Crippen LogP contribution in [0.25, 0.3) is 22.6 Å². The molecule has 5 aliphatic heterocycles. The molecule has 28 nitrogen and oxygen atoms in total. The molecule has 6 N–H and O–H groups in total. The lowest BCUT2D eigenvalue weighted by atomic mass is 9.96. The van der Waals surface area contributed by atoms with Crippen molar-refractivity contribution in [3.05, 3.63) is 44.6 Å². The lowest BCUT2D eigenvalue weighted by Crippen LogP contribution is -2.61. The number of nitrogens with one attached hydrogen (secondary N) is 4. The molecule has 5 heterocycles. The monoisotopic (exact) mass is 1270 g/mol. The Morgan fingerprint density at radius 2 is 1.10 bits per heavy atom. The normalized spacial score (nSPS) is 26.4. The molecule has 10 amide bonds. The van der Waals surface area contributed by atoms with E-state index in [0.717, 1.165) is 9.80 Å². The Labute approximate surface area is 528 Å². The van der Waals surface area contributed by atoms with E-state index >= 15 is 14.4 Å². The minimum atomic E-state index is -1.88. The van der Waals surface area contributed by atoms with Gasteiger partial charge in [-0.1, -0.05) is 67.9 Å². The molecule has 1 aliphatic carbocycles. The third-order valence-electron chi connectivity index (χ3n) is 18.1. The molecule has 7 rings (SSSR count). The highest BCUT2D eigenvalue weighted by Crippen LogP contribution is 2.35. The quantitative estimate of drug-likeness (QED) is 0.114. The summed E-state index contributed by atoms with van der Waals surface area (Å²) in [7, 11) is 5.60. The zero-order valence-electron chi connectivity index (χ0n) is 54.8. The van der Waals surface area contributed by atoms with Gasteiger partial charge >= 0.3 is 11.9 Å². The van der Waals surface area contributed by atoms with Gasteiger partial charge in [0, 0.05) is 46.8 Å². The maximum Gasteiger partial charge on any atom is 0.329 e. The number of cyclic esters (lactones) is 2. The molecule has 0 saturated carbocycles. The number of amides is 10. The predicted molar refractivity (Wildman–Crippen MR) is 330 cm³/mol. The number of ether oxygens (including phenoxy) is 2. The molecule has 4 fully saturated rings. The first-order valence-corrected chi connectivity index (χ1v) is 31.1. The zero-order chi connectivity index (χ0) is 67.7. The van der Waals surface area contributed by atoms with E-state index in [1.54, 1.807) is 62.3 Å². The summed E-state index contributed by atoms with van der Waals surface area (Å²) >= 11 is 0. The average Bonchev–Trinajstić information content (AvgIpc) is 1.28. The van der Waals surface area contributed by atoms with Crippen molar-refractivity contribution in [3.63, 3.8) is 0 Å². The first-order chi connectivity index (χ1) is 42.6. The van der Waals surface area contributed by atoms with Crippen LogP contribution in [0.4, 0.5) is 5.69 Å². The molecule has 28 heteroatoms. The number of nitrogens with zero attached hydrogens (tertiary/aromatic N) is 7. The minimum absolute atomic E-state index is 0.0750. The van der Waals surface area contributed by atoms with Gasteiger partial charge < -0.3 is 70.3 Å². The van der Waals surface area contributed by atoms with Crippen molar-refractivity contribution < 1.29 is 71.4 Å². The lowest BCUT2D eigenvalue weighted by molar-refractivity contribution is -0.163. The highest BCUT2D eigenvalue weighted by Gasteiger charge is 2.47. The second-order valence-electron chi connectivity index (χ2n) is 25.7. The van der Waals surface area contributed by atoms with Crippen LogP contribution in [0.5, 0.6) is 0 Å². The Balaban J connectivity index is 1.33. The molecule has 0 spiro atoms. The van der Waals surface area contributed by atoms with E-state index in [-0.39, 0.29) is 53.9 Å². The van der Waals surface area contributed by atoms with Gasteiger partial charge in [-0.05, 0) is 88.7 Å². The number of carbonyl (C=O) groups excluding carboxylic acids is 12. The molecule has 11 unspecified atom stereocenters. The smallest absolute Gasteiger partial charge is 0.329 e. The van der Waals surface area contributed by atoms with Crippen LogP contribution in [0.2, 0.25) is 0 Å². The van der Waals surface area contributed by atoms with Crippen LogP contribution in [-0.2, 0) is 57.4 Å². The SMILES string of the molecule is CCC(C)C1NC(=O)C(NC(=O)c2c3nc4c(C(=O)NC5C(=O)NC(C(C)C)C(=O)N6CCCC6C(=O)N(C)CC(=O)N(C)C(C(C)C)C(=O)OC5C)ccc(C)c4oc-3c(C)c(=O)c2N)C(C)OC(=O)C(C(C)C)N(C)C(=O)CN(C)C(=O)C2CCCN2C1=O. The summed E-state index contributed by atoms with van der Waals surface area (Å²) in [5.41, 5.74) is 3.60. The summed E-state index contributed by atoms with van der Waals surface area (Å²) in [6.45, 7) is 18.6. The summed E-state index contributed by atoms with van der Waals surface area (Å²) < 4.78 is 18.3. The summed E-state index contributed by atoms with van der Waals surface area (Å²) in [6, 6.07) is -7.88. The third kappa shape index (κ3) is 14.1. The molecule has 0 bridgehead atoms. The number of esters is 2. The standard InChI is InChI=1S/C63H88N12O16/c1-17-31(8)44-61(86)75-25-19-21-38(75)59(84)71(14)27-40(77)73(16)50(30(6)7)63(88)90-35(12)46(57(82)67-44)69-55(80)41-42(64)51(78)33(10)53-48(41)65-47-36(23-22-32(9)52(47)91-53)54(79)68-45-34(11)89-62(87)49(29(4)5)72(15)39(76)26-70(13)58(83)37-20-18-24-74(37)60(85)43(28(2)3)66-56(45)81/h22-23,28-31,34-35,37-38,43-46,49-50H,17-21,24-27,64H2,1-16H3,(H,66,81)(H,67,82)(H,68,79)(H,69,80). The number of anilines is 1. The molecule has 6 aliphatic rings. The third-order valence-corrected chi connectivity index (χ3v) is 18.1. The van der Waals surface area contributed by atoms with Crippen molar-refractivity contribution in [2.24, 2.45) is 23.7 Å². The number of aryl methyl sites for hydroxylation is 1. The largest absolute Gasteiger partial charge is 0.458 e. The van der Waals surface area contributed by atoms with Crippen molar-refractivity contribution in [1.29, 1.82) is 0 Å². The van der Waals surface area contributed by atoms with Gasteiger partial charge in [0.2, 0.25) is 52.7 Å². The van der Waals surface area contributed by atoms with Gasteiger partial charge in [0.05, 0.1) is 29.9 Å². The first-order valence-electron chi connectivity index (χ1n) is 31.1. The maximum absolute atomic E-state index is 15.2. The number of likely N-dealkylation sites (N-methyl/N-ethyl adjacent to an activating group) is 4. The van der Waals surface area contributed by atoms with Gasteiger partial charge in [0.25, 0.3) is 11.8 Å². The van der Waals surface area contributed by atoms with Gasteiger partial charge in [-0.15, -0.1) is 0 Å². The van der Waals surface area contributed by atoms with Gasteiger partial charge in [-0.2, -0.15) is 0 Å². The number of rotatable bonds is 9. The second kappa shape index (κ2) is 28.2. The van der Waals surface area contributed by atoms with Crippen LogP contribution in [0.15, 0.2) is 21.3 Å². The van der Waals surface area contributed by atoms with E-state index in [1.807, 2.05) is 0 Å². The summed E-state index contributed by atoms with van der Waals surface area (Å²) in [4.78, 5) is 200. The van der Waals surface area contributed by atoms with E-state index in [0.29, 0.717) is 24.8 Å². The topological polar surface area (TPSA) is 360 Å². The van der Waals surface area contributed by atoms with Crippen molar-refractivity contribution in [1.82, 2.24) is 55.7 Å². The highest BCUT2D eigenvalue weighted by molar-refractivity contribution is 6.10. The second-order valence-corrected chi connectivity index (χ2v) is 25.7. The average molecular weight is 1270 g/mol. The molecule has 496 valence electrons. The fourth-order valence-electron chi connectivity index (χ4n) is 12.4. The van der Waals surface area contributed by atoms with E-state index < -0.39 is 191 Å². The number of nitrogens with two attached hydrogens (primary N) is 1. The fraction of sp³-hybridized carbons (Fsp3) is 0.619. The van der Waals surface area contributed by atoms with Crippen LogP contribution in [-0.4, -0.2) is 220 Å². The lowest BCUT2D eigenvalue weighted by Gasteiger charge is -2.36. The summed E-state index contributed by atoms with van der Waals surface area (Å²) in [5.74, 6) is -12.3. The Bertz CT molecular complexity index is 3440. The molecule has 1 aromatic carbocycles. The summed E-state index contributed by atoms with van der Waals surface area (Å²) in [6.07, 6.45) is -1.30. The highest BCUT2D eigenvalue weighted by atomic mass is 16.6. The van der Waals surface area contributed by atoms with Crippen molar-refractivity contribution in [2.45, 2.75) is 176 Å². The number of hydrogen-bond donors (Lipinski definition) is 5. The van der Waals surface area contributed by atoms with Gasteiger partial charge in [-0.3, -0.25) is 52.7 Å². The predicted octanol–water partition coefficient (Wildman–Crippen LogP) is 1.12. The van der Waals surface area contributed by atoms with Crippen molar-refractivity contribution in [3.8, 4) is 11.5 Å². The molecule has 0 aromatic heterocycles. The summed E-state index contributed by atoms with van der Waals surface area (Å²) in [5, 5.41) is 10.8. The number of fused-ring (bicyclic) bond motifs is 4. The fourth-order valence-corrected chi connectivity index (χ4v) is 12.4. The Morgan fingerprint density at radius 3 is 1.55 bits per heavy atom. The zero-order valence-corrected chi connectivity index (χ0v) is 54.8. The molecule has 1 aromatic rings. The van der Waals surface area contributed by atoms with Crippen LogP contribution in [0.1, 0.15) is 133 Å². The number of aromatic nitrogens is 1. The van der Waals surface area contributed by atoms with Crippen LogP contribution in [0.3, 0.4) is 0 Å². The van der Waals surface area contributed by atoms with E-state index in [4.69, 9.17) is 24.6 Å². The van der Waals surface area contributed by atoms with Gasteiger partial charge in [-0.25, -0.2) is 14.6 Å². The van der Waals surface area contributed by atoms with E-state index in [1.165, 1.54) is 80.7 Å². The number of hydrogen-bond acceptors (Lipinski definition) is 18. The van der Waals surface area contributed by atoms with E-state index in [9.17, 15) is 47.9 Å². The van der Waals surface area contributed by atoms with Crippen molar-refractivity contribution >= 4 is 87.8 Å². The Kier molecular flexibility index (Phi) is 21.6. The minimum Gasteiger partial charge on any atom is -0.458 e. The molecule has 91 heavy (non-hydrogen) atoms.